The quantitative estimate of drug-likeness (QED) is 0.867. The molecule has 0 saturated heterocycles. The summed E-state index contributed by atoms with van der Waals surface area (Å²) in [6, 6.07) is 8.32. The fourth-order valence-corrected chi connectivity index (χ4v) is 3.85. The van der Waals surface area contributed by atoms with Crippen molar-refractivity contribution in [3.8, 4) is 0 Å². The number of carboxylic acids is 1. The van der Waals surface area contributed by atoms with Crippen LogP contribution in [0.2, 0.25) is 0 Å². The van der Waals surface area contributed by atoms with Gasteiger partial charge in [0.05, 0.1) is 11.3 Å². The van der Waals surface area contributed by atoms with Crippen LogP contribution in [0.4, 0.5) is 0 Å². The Morgan fingerprint density at radius 1 is 1.25 bits per heavy atom. The summed E-state index contributed by atoms with van der Waals surface area (Å²) in [5.74, 6) is -1.30. The number of carboxylic acid groups (broad SMARTS) is 1. The van der Waals surface area contributed by atoms with Gasteiger partial charge in [-0.05, 0) is 44.1 Å². The maximum absolute atomic E-state index is 12.9. The molecule has 132 valence electrons. The minimum Gasteiger partial charge on any atom is -0.481 e. The molecule has 0 radical (unpaired) electrons. The van der Waals surface area contributed by atoms with E-state index in [0.29, 0.717) is 12.8 Å². The number of amides is 1. The Kier molecular flexibility index (Phi) is 5.07. The molecular formula is C20H29NO3. The van der Waals surface area contributed by atoms with E-state index in [2.05, 4.69) is 36.5 Å². The number of rotatable bonds is 5. The van der Waals surface area contributed by atoms with Gasteiger partial charge in [-0.15, -0.1) is 0 Å². The van der Waals surface area contributed by atoms with E-state index in [-0.39, 0.29) is 11.9 Å². The third-order valence-corrected chi connectivity index (χ3v) is 6.07. The number of hydrogen-bond acceptors (Lipinski definition) is 2. The lowest BCUT2D eigenvalue weighted by atomic mass is 9.65. The second kappa shape index (κ2) is 6.58. The van der Waals surface area contributed by atoms with Crippen LogP contribution in [0, 0.1) is 23.7 Å². The minimum atomic E-state index is -0.802. The molecule has 2 N–H and O–H groups in total. The van der Waals surface area contributed by atoms with Crippen molar-refractivity contribution in [2.45, 2.75) is 59.9 Å². The Hall–Kier alpha value is -1.84. The van der Waals surface area contributed by atoms with Crippen molar-refractivity contribution in [1.82, 2.24) is 5.32 Å². The van der Waals surface area contributed by atoms with Gasteiger partial charge in [0.25, 0.3) is 0 Å². The number of hydrogen-bond donors (Lipinski definition) is 2. The maximum Gasteiger partial charge on any atom is 0.307 e. The normalized spacial score (nSPS) is 26.8. The van der Waals surface area contributed by atoms with E-state index < -0.39 is 22.7 Å². The molecule has 1 aromatic rings. The molecule has 1 aromatic carbocycles. The van der Waals surface area contributed by atoms with Crippen LogP contribution in [0.5, 0.6) is 0 Å². The van der Waals surface area contributed by atoms with Crippen molar-refractivity contribution in [3.63, 3.8) is 0 Å². The van der Waals surface area contributed by atoms with Crippen molar-refractivity contribution in [3.05, 3.63) is 35.4 Å². The Labute approximate surface area is 144 Å². The summed E-state index contributed by atoms with van der Waals surface area (Å²) in [6.45, 7) is 9.77. The van der Waals surface area contributed by atoms with Gasteiger partial charge in [0.2, 0.25) is 5.91 Å². The Bertz CT molecular complexity index is 620. The van der Waals surface area contributed by atoms with Gasteiger partial charge in [-0.3, -0.25) is 9.59 Å². The molecule has 1 fully saturated rings. The average molecular weight is 331 g/mol. The number of aryl methyl sites for hydroxylation is 1. The van der Waals surface area contributed by atoms with Gasteiger partial charge in [-0.2, -0.15) is 0 Å². The average Bonchev–Trinajstić information content (AvgIpc) is 2.73. The molecule has 0 aliphatic heterocycles. The Morgan fingerprint density at radius 3 is 2.33 bits per heavy atom. The number of carbonyl (C=O) groups excluding carboxylic acids is 1. The first-order valence-corrected chi connectivity index (χ1v) is 8.67. The van der Waals surface area contributed by atoms with Crippen molar-refractivity contribution in [1.29, 1.82) is 0 Å². The van der Waals surface area contributed by atoms with E-state index in [4.69, 9.17) is 0 Å². The standard InChI is InChI=1S/C20H29NO3/c1-13-6-8-15(9-7-13)12-14(2)21-18(24)20(5)11-10-16(17(22)23)19(20,3)4/h6-9,14,16H,10-12H2,1-5H3,(H,21,24)(H,22,23)/t14-,16-,20+/m1/s1. The highest BCUT2D eigenvalue weighted by Gasteiger charge is 2.58. The molecule has 0 bridgehead atoms. The van der Waals surface area contributed by atoms with Crippen molar-refractivity contribution in [2.24, 2.45) is 16.7 Å². The Morgan fingerprint density at radius 2 is 1.83 bits per heavy atom. The third kappa shape index (κ3) is 3.33. The molecule has 4 nitrogen and oxygen atoms in total. The van der Waals surface area contributed by atoms with E-state index >= 15 is 0 Å². The van der Waals surface area contributed by atoms with Crippen LogP contribution in [0.1, 0.15) is 51.7 Å². The van der Waals surface area contributed by atoms with Crippen LogP contribution >= 0.6 is 0 Å². The first-order valence-electron chi connectivity index (χ1n) is 8.67. The smallest absolute Gasteiger partial charge is 0.307 e. The molecule has 0 heterocycles. The molecule has 1 saturated carbocycles. The molecule has 2 rings (SSSR count). The van der Waals surface area contributed by atoms with Crippen molar-refractivity contribution < 1.29 is 14.7 Å². The highest BCUT2D eigenvalue weighted by molar-refractivity contribution is 5.85. The van der Waals surface area contributed by atoms with Gasteiger partial charge < -0.3 is 10.4 Å². The molecule has 0 unspecified atom stereocenters. The second-order valence-corrected chi connectivity index (χ2v) is 8.05. The van der Waals surface area contributed by atoms with E-state index in [9.17, 15) is 14.7 Å². The van der Waals surface area contributed by atoms with Gasteiger partial charge >= 0.3 is 5.97 Å². The summed E-state index contributed by atoms with van der Waals surface area (Å²) in [5, 5.41) is 12.5. The van der Waals surface area contributed by atoms with Crippen molar-refractivity contribution >= 4 is 11.9 Å². The van der Waals surface area contributed by atoms with E-state index in [1.165, 1.54) is 11.1 Å². The zero-order valence-electron chi connectivity index (χ0n) is 15.3. The van der Waals surface area contributed by atoms with Crippen LogP contribution in [-0.2, 0) is 16.0 Å². The molecule has 4 heteroatoms. The molecule has 0 spiro atoms. The zero-order chi connectivity index (χ0) is 18.1. The summed E-state index contributed by atoms with van der Waals surface area (Å²) in [5.41, 5.74) is 1.19. The number of carbonyl (C=O) groups is 2. The maximum atomic E-state index is 12.9. The van der Waals surface area contributed by atoms with Crippen LogP contribution in [-0.4, -0.2) is 23.0 Å². The molecule has 24 heavy (non-hydrogen) atoms. The second-order valence-electron chi connectivity index (χ2n) is 8.05. The van der Waals surface area contributed by atoms with Gasteiger partial charge in [-0.1, -0.05) is 50.6 Å². The SMILES string of the molecule is Cc1ccc(C[C@@H](C)NC(=O)[C@]2(C)CC[C@H](C(=O)O)C2(C)C)cc1. The largest absolute Gasteiger partial charge is 0.481 e. The third-order valence-electron chi connectivity index (χ3n) is 6.07. The van der Waals surface area contributed by atoms with Gasteiger partial charge in [0, 0.05) is 6.04 Å². The Balaban J connectivity index is 2.05. The summed E-state index contributed by atoms with van der Waals surface area (Å²) >= 11 is 0. The molecular weight excluding hydrogens is 302 g/mol. The highest BCUT2D eigenvalue weighted by Crippen LogP contribution is 2.56. The number of nitrogens with one attached hydrogen (secondary N) is 1. The fourth-order valence-electron chi connectivity index (χ4n) is 3.85. The lowest BCUT2D eigenvalue weighted by Crippen LogP contribution is -2.50. The predicted octanol–water partition coefficient (Wildman–Crippen LogP) is 3.57. The first-order chi connectivity index (χ1) is 11.1. The van der Waals surface area contributed by atoms with E-state index in [1.807, 2.05) is 27.7 Å². The topological polar surface area (TPSA) is 66.4 Å². The van der Waals surface area contributed by atoms with E-state index in [0.717, 1.165) is 6.42 Å². The molecule has 1 aliphatic rings. The summed E-state index contributed by atoms with van der Waals surface area (Å²) in [6.07, 6.45) is 1.93. The fraction of sp³-hybridized carbons (Fsp3) is 0.600. The van der Waals surface area contributed by atoms with Crippen LogP contribution in [0.15, 0.2) is 24.3 Å². The van der Waals surface area contributed by atoms with Gasteiger partial charge in [0.1, 0.15) is 0 Å². The molecule has 1 aliphatic carbocycles. The first kappa shape index (κ1) is 18.5. The van der Waals surface area contributed by atoms with Crippen molar-refractivity contribution in [2.75, 3.05) is 0 Å². The number of aliphatic carboxylic acids is 1. The molecule has 3 atom stereocenters. The molecule has 0 aromatic heterocycles. The van der Waals surface area contributed by atoms with E-state index in [1.54, 1.807) is 0 Å². The summed E-state index contributed by atoms with van der Waals surface area (Å²) in [7, 11) is 0. The predicted molar refractivity (Wildman–Crippen MR) is 94.7 cm³/mol. The monoisotopic (exact) mass is 331 g/mol. The minimum absolute atomic E-state index is 0.0108. The van der Waals surface area contributed by atoms with Gasteiger partial charge in [0.15, 0.2) is 0 Å². The van der Waals surface area contributed by atoms with Gasteiger partial charge in [-0.25, -0.2) is 0 Å². The zero-order valence-corrected chi connectivity index (χ0v) is 15.3. The summed E-state index contributed by atoms with van der Waals surface area (Å²) in [4.78, 5) is 24.4. The van der Waals surface area contributed by atoms with Crippen LogP contribution in [0.3, 0.4) is 0 Å². The molecule has 1 amide bonds. The van der Waals surface area contributed by atoms with Crippen LogP contribution < -0.4 is 5.32 Å². The lowest BCUT2D eigenvalue weighted by Gasteiger charge is -2.39. The lowest BCUT2D eigenvalue weighted by molar-refractivity contribution is -0.148. The highest BCUT2D eigenvalue weighted by atomic mass is 16.4. The number of benzene rings is 1. The summed E-state index contributed by atoms with van der Waals surface area (Å²) < 4.78 is 0. The van der Waals surface area contributed by atoms with Crippen LogP contribution in [0.25, 0.3) is 0 Å².